The zero-order valence-electron chi connectivity index (χ0n) is 14.0. The van der Waals surface area contributed by atoms with Crippen LogP contribution in [0.2, 0.25) is 5.02 Å². The van der Waals surface area contributed by atoms with Crippen molar-refractivity contribution in [2.75, 3.05) is 5.32 Å². The van der Waals surface area contributed by atoms with Gasteiger partial charge in [-0.2, -0.15) is 0 Å². The smallest absolute Gasteiger partial charge is 0.239 e. The van der Waals surface area contributed by atoms with Gasteiger partial charge >= 0.3 is 0 Å². The summed E-state index contributed by atoms with van der Waals surface area (Å²) in [7, 11) is 0. The molecule has 2 aromatic rings. The van der Waals surface area contributed by atoms with Crippen LogP contribution in [0.4, 0.5) is 5.69 Å². The van der Waals surface area contributed by atoms with Crippen LogP contribution >= 0.6 is 11.6 Å². The molecule has 0 aliphatic carbocycles. The van der Waals surface area contributed by atoms with Crippen molar-refractivity contribution < 1.29 is 9.59 Å². The largest absolute Gasteiger partial charge is 0.351 e. The average molecular weight is 345 g/mol. The van der Waals surface area contributed by atoms with Crippen LogP contribution in [0.3, 0.4) is 0 Å². The number of anilines is 1. The molecule has 126 valence electrons. The molecule has 0 spiro atoms. The Hall–Kier alpha value is -2.33. The molecule has 2 rings (SSSR count). The summed E-state index contributed by atoms with van der Waals surface area (Å²) >= 11 is 5.84. The lowest BCUT2D eigenvalue weighted by Gasteiger charge is -2.23. The van der Waals surface area contributed by atoms with E-state index in [-0.39, 0.29) is 11.8 Å². The summed E-state index contributed by atoms with van der Waals surface area (Å²) in [6.07, 6.45) is 0. The molecule has 0 atom stereocenters. The maximum atomic E-state index is 12.5. The average Bonchev–Trinajstić information content (AvgIpc) is 2.54. The van der Waals surface area contributed by atoms with E-state index < -0.39 is 5.41 Å². The predicted molar refractivity (Wildman–Crippen MR) is 96.9 cm³/mol. The van der Waals surface area contributed by atoms with Gasteiger partial charge in [0.1, 0.15) is 5.41 Å². The van der Waals surface area contributed by atoms with Gasteiger partial charge in [-0.25, -0.2) is 0 Å². The summed E-state index contributed by atoms with van der Waals surface area (Å²) in [5.41, 5.74) is 1.45. The molecule has 24 heavy (non-hydrogen) atoms. The van der Waals surface area contributed by atoms with Gasteiger partial charge in [0, 0.05) is 17.3 Å². The molecule has 0 saturated heterocycles. The van der Waals surface area contributed by atoms with Crippen LogP contribution < -0.4 is 10.6 Å². The van der Waals surface area contributed by atoms with Crippen LogP contribution in [0.15, 0.2) is 48.5 Å². The predicted octanol–water partition coefficient (Wildman–Crippen LogP) is 3.93. The number of rotatable bonds is 5. The van der Waals surface area contributed by atoms with Gasteiger partial charge in [0.15, 0.2) is 0 Å². The molecule has 4 nitrogen and oxygen atoms in total. The maximum Gasteiger partial charge on any atom is 0.239 e. The Kier molecular flexibility index (Phi) is 5.62. The highest BCUT2D eigenvalue weighted by Gasteiger charge is 2.35. The monoisotopic (exact) mass is 344 g/mol. The van der Waals surface area contributed by atoms with Crippen molar-refractivity contribution in [1.82, 2.24) is 5.32 Å². The van der Waals surface area contributed by atoms with Crippen molar-refractivity contribution in [2.45, 2.75) is 27.3 Å². The van der Waals surface area contributed by atoms with Crippen LogP contribution in [0.5, 0.6) is 0 Å². The first-order valence-electron chi connectivity index (χ1n) is 7.70. The molecule has 0 saturated carbocycles. The molecule has 0 aliphatic heterocycles. The van der Waals surface area contributed by atoms with E-state index in [1.54, 1.807) is 32.0 Å². The van der Waals surface area contributed by atoms with Crippen molar-refractivity contribution in [1.29, 1.82) is 0 Å². The second-order valence-electron chi connectivity index (χ2n) is 6.26. The number of hydrogen-bond donors (Lipinski definition) is 2. The number of hydrogen-bond acceptors (Lipinski definition) is 2. The SMILES string of the molecule is Cc1cccc(NC(=O)C(C)(C)C(=O)NCc2ccc(Cl)cc2)c1. The summed E-state index contributed by atoms with van der Waals surface area (Å²) < 4.78 is 0. The second kappa shape index (κ2) is 7.49. The zero-order chi connectivity index (χ0) is 17.7. The van der Waals surface area contributed by atoms with Crippen LogP contribution in [0.25, 0.3) is 0 Å². The Labute approximate surface area is 147 Å². The third kappa shape index (κ3) is 4.59. The van der Waals surface area contributed by atoms with E-state index in [9.17, 15) is 9.59 Å². The van der Waals surface area contributed by atoms with Crippen LogP contribution in [-0.4, -0.2) is 11.8 Å². The van der Waals surface area contributed by atoms with Gasteiger partial charge in [0.25, 0.3) is 0 Å². The topological polar surface area (TPSA) is 58.2 Å². The molecule has 0 radical (unpaired) electrons. The van der Waals surface area contributed by atoms with Crippen molar-refractivity contribution >= 4 is 29.1 Å². The van der Waals surface area contributed by atoms with Crippen molar-refractivity contribution in [3.63, 3.8) is 0 Å². The van der Waals surface area contributed by atoms with Gasteiger partial charge in [0.2, 0.25) is 11.8 Å². The zero-order valence-corrected chi connectivity index (χ0v) is 14.8. The van der Waals surface area contributed by atoms with Gasteiger partial charge < -0.3 is 10.6 Å². The van der Waals surface area contributed by atoms with Gasteiger partial charge in [-0.1, -0.05) is 35.9 Å². The van der Waals surface area contributed by atoms with Crippen LogP contribution in [-0.2, 0) is 16.1 Å². The van der Waals surface area contributed by atoms with Crippen LogP contribution in [0.1, 0.15) is 25.0 Å². The lowest BCUT2D eigenvalue weighted by Crippen LogP contribution is -2.44. The van der Waals surface area contributed by atoms with E-state index >= 15 is 0 Å². The number of amides is 2. The van der Waals surface area contributed by atoms with Gasteiger partial charge in [-0.05, 0) is 56.2 Å². The minimum absolute atomic E-state index is 0.331. The van der Waals surface area contributed by atoms with Crippen molar-refractivity contribution in [2.24, 2.45) is 5.41 Å². The third-order valence-electron chi connectivity index (χ3n) is 3.78. The summed E-state index contributed by atoms with van der Waals surface area (Å²) in [6, 6.07) is 14.7. The fourth-order valence-corrected chi connectivity index (χ4v) is 2.24. The summed E-state index contributed by atoms with van der Waals surface area (Å²) in [4.78, 5) is 24.9. The quantitative estimate of drug-likeness (QED) is 0.807. The summed E-state index contributed by atoms with van der Waals surface area (Å²) in [6.45, 7) is 5.50. The third-order valence-corrected chi connectivity index (χ3v) is 4.03. The lowest BCUT2D eigenvalue weighted by atomic mass is 9.90. The standard InChI is InChI=1S/C19H21ClN2O2/c1-13-5-4-6-16(11-13)22-18(24)19(2,3)17(23)21-12-14-7-9-15(20)10-8-14/h4-11H,12H2,1-3H3,(H,21,23)(H,22,24). The Balaban J connectivity index is 1.98. The molecule has 0 fully saturated rings. The maximum absolute atomic E-state index is 12.5. The summed E-state index contributed by atoms with van der Waals surface area (Å²) in [5.74, 6) is -0.677. The molecular formula is C19H21ClN2O2. The first kappa shape index (κ1) is 18.0. The number of benzene rings is 2. The van der Waals surface area contributed by atoms with E-state index in [1.165, 1.54) is 0 Å². The van der Waals surface area contributed by atoms with E-state index in [0.29, 0.717) is 17.3 Å². The van der Waals surface area contributed by atoms with Crippen LogP contribution in [0, 0.1) is 12.3 Å². The van der Waals surface area contributed by atoms with Gasteiger partial charge in [-0.3, -0.25) is 9.59 Å². The number of carbonyl (C=O) groups is 2. The fraction of sp³-hybridized carbons (Fsp3) is 0.263. The molecule has 0 bridgehead atoms. The number of halogens is 1. The van der Waals surface area contributed by atoms with Crippen molar-refractivity contribution in [3.05, 3.63) is 64.7 Å². The molecule has 2 aromatic carbocycles. The highest BCUT2D eigenvalue weighted by atomic mass is 35.5. The summed E-state index contributed by atoms with van der Waals surface area (Å²) in [5, 5.41) is 6.23. The molecule has 0 heterocycles. The van der Waals surface area contributed by atoms with Gasteiger partial charge in [-0.15, -0.1) is 0 Å². The fourth-order valence-electron chi connectivity index (χ4n) is 2.12. The molecule has 0 aliphatic rings. The number of nitrogens with one attached hydrogen (secondary N) is 2. The van der Waals surface area contributed by atoms with Gasteiger partial charge in [0.05, 0.1) is 0 Å². The minimum atomic E-state index is -1.18. The number of carbonyl (C=O) groups excluding carboxylic acids is 2. The molecule has 5 heteroatoms. The Morgan fingerprint density at radius 1 is 1.04 bits per heavy atom. The van der Waals surface area contributed by atoms with Crippen molar-refractivity contribution in [3.8, 4) is 0 Å². The Morgan fingerprint density at radius 3 is 2.33 bits per heavy atom. The Morgan fingerprint density at radius 2 is 1.71 bits per heavy atom. The van der Waals surface area contributed by atoms with E-state index in [1.807, 2.05) is 37.3 Å². The molecule has 0 unspecified atom stereocenters. The molecular weight excluding hydrogens is 324 g/mol. The second-order valence-corrected chi connectivity index (χ2v) is 6.69. The Bertz CT molecular complexity index is 739. The van der Waals surface area contributed by atoms with E-state index in [4.69, 9.17) is 11.6 Å². The molecule has 2 amide bonds. The molecule has 2 N–H and O–H groups in total. The van der Waals surface area contributed by atoms with E-state index in [2.05, 4.69) is 10.6 Å². The first-order valence-corrected chi connectivity index (χ1v) is 8.08. The highest BCUT2D eigenvalue weighted by molar-refractivity contribution is 6.30. The lowest BCUT2D eigenvalue weighted by molar-refractivity contribution is -0.138. The highest BCUT2D eigenvalue weighted by Crippen LogP contribution is 2.20. The van der Waals surface area contributed by atoms with E-state index in [0.717, 1.165) is 11.1 Å². The normalized spacial score (nSPS) is 11.0. The number of aryl methyl sites for hydroxylation is 1. The minimum Gasteiger partial charge on any atom is -0.351 e. The first-order chi connectivity index (χ1) is 11.3. The molecule has 0 aromatic heterocycles.